The first kappa shape index (κ1) is 14.2. The molecule has 0 saturated carbocycles. The summed E-state index contributed by atoms with van der Waals surface area (Å²) in [6.45, 7) is 0. The van der Waals surface area contributed by atoms with Gasteiger partial charge < -0.3 is 0 Å². The second kappa shape index (κ2) is 6.32. The molecule has 0 fully saturated rings. The molecule has 1 heterocycles. The van der Waals surface area contributed by atoms with Crippen LogP contribution in [0.4, 0.5) is 0 Å². The minimum Gasteiger partial charge on any atom is -0.259 e. The van der Waals surface area contributed by atoms with E-state index in [2.05, 4.69) is 15.9 Å². The Morgan fingerprint density at radius 2 is 2.11 bits per heavy atom. The van der Waals surface area contributed by atoms with Crippen molar-refractivity contribution in [2.45, 2.75) is 6.42 Å². The molecule has 19 heavy (non-hydrogen) atoms. The fourth-order valence-electron chi connectivity index (χ4n) is 1.57. The maximum absolute atomic E-state index is 11.1. The molecule has 0 atom stereocenters. The van der Waals surface area contributed by atoms with Crippen molar-refractivity contribution in [1.29, 1.82) is 0 Å². The lowest BCUT2D eigenvalue weighted by atomic mass is 10.1. The van der Waals surface area contributed by atoms with Crippen LogP contribution in [0.3, 0.4) is 0 Å². The van der Waals surface area contributed by atoms with Crippen LogP contribution in [0.5, 0.6) is 0 Å². The van der Waals surface area contributed by atoms with Crippen LogP contribution in [0, 0.1) is 10.1 Å². The summed E-state index contributed by atoms with van der Waals surface area (Å²) in [6, 6.07) is 11.1. The Balaban J connectivity index is 2.28. The lowest BCUT2D eigenvalue weighted by Crippen LogP contribution is -2.01. The van der Waals surface area contributed by atoms with Crippen LogP contribution in [-0.2, 0) is 6.42 Å². The van der Waals surface area contributed by atoms with Crippen molar-refractivity contribution in [3.63, 3.8) is 0 Å². The molecular formula is C13H9BrClNO2S. The van der Waals surface area contributed by atoms with E-state index in [-0.39, 0.29) is 10.6 Å². The number of benzene rings is 1. The third kappa shape index (κ3) is 3.89. The van der Waals surface area contributed by atoms with Gasteiger partial charge in [-0.2, -0.15) is 0 Å². The Morgan fingerprint density at radius 3 is 2.63 bits per heavy atom. The lowest BCUT2D eigenvalue weighted by molar-refractivity contribution is -0.425. The van der Waals surface area contributed by atoms with Gasteiger partial charge in [0.25, 0.3) is 5.70 Å². The van der Waals surface area contributed by atoms with Gasteiger partial charge in [-0.3, -0.25) is 10.1 Å². The number of thiophene rings is 1. The molecule has 2 rings (SSSR count). The molecule has 2 aromatic rings. The molecule has 0 radical (unpaired) electrons. The van der Waals surface area contributed by atoms with E-state index < -0.39 is 0 Å². The summed E-state index contributed by atoms with van der Waals surface area (Å²) in [6.07, 6.45) is 1.86. The van der Waals surface area contributed by atoms with Gasteiger partial charge in [0, 0.05) is 15.4 Å². The maximum atomic E-state index is 11.1. The molecule has 0 saturated heterocycles. The number of allylic oxidation sites excluding steroid dienone is 1. The Hall–Kier alpha value is -1.17. The van der Waals surface area contributed by atoms with Crippen molar-refractivity contribution < 1.29 is 4.92 Å². The summed E-state index contributed by atoms with van der Waals surface area (Å²) in [5.74, 6) is 0. The first-order valence-corrected chi connectivity index (χ1v) is 7.38. The van der Waals surface area contributed by atoms with E-state index in [0.29, 0.717) is 10.8 Å². The third-order valence-corrected chi connectivity index (χ3v) is 4.86. The predicted molar refractivity (Wildman–Crippen MR) is 82.1 cm³/mol. The van der Waals surface area contributed by atoms with Crippen molar-refractivity contribution >= 4 is 44.9 Å². The first-order chi connectivity index (χ1) is 9.06. The first-order valence-electron chi connectivity index (χ1n) is 5.40. The fourth-order valence-corrected chi connectivity index (χ4v) is 3.27. The van der Waals surface area contributed by atoms with Gasteiger partial charge in [0.05, 0.1) is 11.3 Å². The molecule has 6 heteroatoms. The normalized spacial score (nSPS) is 11.6. The predicted octanol–water partition coefficient (Wildman–Crippen LogP) is 5.02. The molecule has 0 amide bonds. The summed E-state index contributed by atoms with van der Waals surface area (Å²) in [4.78, 5) is 11.5. The zero-order valence-electron chi connectivity index (χ0n) is 9.68. The van der Waals surface area contributed by atoms with Gasteiger partial charge in [-0.25, -0.2) is 0 Å². The largest absolute Gasteiger partial charge is 0.259 e. The quantitative estimate of drug-likeness (QED) is 0.568. The molecule has 0 spiro atoms. The Kier molecular flexibility index (Phi) is 4.74. The standard InChI is InChI=1S/C13H9BrClNO2S/c14-12-8-11(19-13(12)15)7-10(16(17)18)6-9-4-2-1-3-5-9/h1-5,7-8H,6H2/b10-7+. The summed E-state index contributed by atoms with van der Waals surface area (Å²) in [5.41, 5.74) is 1.06. The van der Waals surface area contributed by atoms with Crippen molar-refractivity contribution in [2.24, 2.45) is 0 Å². The molecule has 0 aliphatic carbocycles. The number of halogens is 2. The second-order valence-electron chi connectivity index (χ2n) is 3.83. The van der Waals surface area contributed by atoms with Gasteiger partial charge in [-0.15, -0.1) is 11.3 Å². The highest BCUT2D eigenvalue weighted by Gasteiger charge is 2.13. The average Bonchev–Trinajstić information content (AvgIpc) is 2.69. The number of rotatable bonds is 4. The van der Waals surface area contributed by atoms with Crippen molar-refractivity contribution in [1.82, 2.24) is 0 Å². The number of hydrogen-bond acceptors (Lipinski definition) is 3. The van der Waals surface area contributed by atoms with Crippen LogP contribution in [0.1, 0.15) is 10.4 Å². The van der Waals surface area contributed by atoms with Crippen LogP contribution < -0.4 is 0 Å². The highest BCUT2D eigenvalue weighted by Crippen LogP contribution is 2.33. The molecule has 3 nitrogen and oxygen atoms in total. The van der Waals surface area contributed by atoms with Gasteiger partial charge in [0.2, 0.25) is 0 Å². The second-order valence-corrected chi connectivity index (χ2v) is 6.37. The summed E-state index contributed by atoms with van der Waals surface area (Å²) >= 11 is 10.5. The van der Waals surface area contributed by atoms with Crippen LogP contribution in [0.15, 0.2) is 46.6 Å². The van der Waals surface area contributed by atoms with Gasteiger partial charge in [0.1, 0.15) is 4.34 Å². The summed E-state index contributed by atoms with van der Waals surface area (Å²) < 4.78 is 1.35. The van der Waals surface area contributed by atoms with E-state index in [0.717, 1.165) is 14.9 Å². The van der Waals surface area contributed by atoms with E-state index in [4.69, 9.17) is 11.6 Å². The highest BCUT2D eigenvalue weighted by molar-refractivity contribution is 9.10. The van der Waals surface area contributed by atoms with Crippen molar-refractivity contribution in [3.8, 4) is 0 Å². The topological polar surface area (TPSA) is 43.1 Å². The smallest absolute Gasteiger partial charge is 0.252 e. The molecule has 0 aliphatic heterocycles. The molecule has 1 aromatic heterocycles. The fraction of sp³-hybridized carbons (Fsp3) is 0.0769. The molecule has 98 valence electrons. The van der Waals surface area contributed by atoms with E-state index in [1.807, 2.05) is 30.3 Å². The van der Waals surface area contributed by atoms with Crippen LogP contribution in [-0.4, -0.2) is 4.92 Å². The molecule has 0 aliphatic rings. The Bertz CT molecular complexity index is 605. The van der Waals surface area contributed by atoms with E-state index in [1.54, 1.807) is 12.1 Å². The van der Waals surface area contributed by atoms with E-state index in [9.17, 15) is 10.1 Å². The van der Waals surface area contributed by atoms with Gasteiger partial charge in [-0.1, -0.05) is 41.9 Å². The number of nitrogens with zero attached hydrogens (tertiary/aromatic N) is 1. The molecule has 0 N–H and O–H groups in total. The minimum atomic E-state index is -0.353. The van der Waals surface area contributed by atoms with Crippen molar-refractivity contribution in [2.75, 3.05) is 0 Å². The average molecular weight is 359 g/mol. The maximum Gasteiger partial charge on any atom is 0.252 e. The van der Waals surface area contributed by atoms with Crippen molar-refractivity contribution in [3.05, 3.63) is 71.5 Å². The van der Waals surface area contributed by atoms with E-state index in [1.165, 1.54) is 11.3 Å². The van der Waals surface area contributed by atoms with Gasteiger partial charge in [0.15, 0.2) is 0 Å². The monoisotopic (exact) mass is 357 g/mol. The Labute approximate surface area is 127 Å². The number of hydrogen-bond donors (Lipinski definition) is 0. The summed E-state index contributed by atoms with van der Waals surface area (Å²) in [5, 5.41) is 11.1. The van der Waals surface area contributed by atoms with E-state index >= 15 is 0 Å². The zero-order valence-corrected chi connectivity index (χ0v) is 12.8. The Morgan fingerprint density at radius 1 is 1.42 bits per heavy atom. The van der Waals surface area contributed by atoms with Crippen LogP contribution >= 0.6 is 38.9 Å². The highest BCUT2D eigenvalue weighted by atomic mass is 79.9. The molecular weight excluding hydrogens is 350 g/mol. The summed E-state index contributed by atoms with van der Waals surface area (Å²) in [7, 11) is 0. The van der Waals surface area contributed by atoms with Gasteiger partial charge in [-0.05, 0) is 27.6 Å². The molecule has 1 aromatic carbocycles. The zero-order chi connectivity index (χ0) is 13.8. The SMILES string of the molecule is O=[N+]([O-])/C(=C/c1cc(Br)c(Cl)s1)Cc1ccccc1. The van der Waals surface area contributed by atoms with Gasteiger partial charge >= 0.3 is 0 Å². The van der Waals surface area contributed by atoms with Crippen LogP contribution in [0.25, 0.3) is 6.08 Å². The third-order valence-electron chi connectivity index (χ3n) is 2.44. The van der Waals surface area contributed by atoms with Crippen LogP contribution in [0.2, 0.25) is 4.34 Å². The number of nitro groups is 1. The minimum absolute atomic E-state index is 0.150. The molecule has 0 bridgehead atoms. The lowest BCUT2D eigenvalue weighted by Gasteiger charge is -1.98. The molecule has 0 unspecified atom stereocenters.